The Bertz CT molecular complexity index is 367. The predicted octanol–water partition coefficient (Wildman–Crippen LogP) is 2.28. The normalized spacial score (nSPS) is 15.2. The third kappa shape index (κ3) is 3.66. The Morgan fingerprint density at radius 1 is 1.47 bits per heavy atom. The molecule has 4 nitrogen and oxygen atoms in total. The summed E-state index contributed by atoms with van der Waals surface area (Å²) in [6.07, 6.45) is 10.2. The lowest BCUT2D eigenvalue weighted by atomic mass is 10.2. The van der Waals surface area contributed by atoms with Gasteiger partial charge in [0.1, 0.15) is 12.2 Å². The van der Waals surface area contributed by atoms with Gasteiger partial charge < -0.3 is 5.32 Å². The van der Waals surface area contributed by atoms with Crippen molar-refractivity contribution in [3.63, 3.8) is 0 Å². The van der Waals surface area contributed by atoms with Gasteiger partial charge in [0.2, 0.25) is 0 Å². The van der Waals surface area contributed by atoms with Gasteiger partial charge in [-0.1, -0.05) is 18.6 Å². The summed E-state index contributed by atoms with van der Waals surface area (Å²) in [6, 6.07) is 0. The monoisotopic (exact) mass is 234 g/mol. The molecule has 2 rings (SSSR count). The van der Waals surface area contributed by atoms with E-state index in [4.69, 9.17) is 0 Å². The molecule has 0 saturated carbocycles. The summed E-state index contributed by atoms with van der Waals surface area (Å²) < 4.78 is 1.99. The summed E-state index contributed by atoms with van der Waals surface area (Å²) in [5.74, 6) is 1.05. The van der Waals surface area contributed by atoms with E-state index in [1.807, 2.05) is 4.68 Å². The lowest BCUT2D eigenvalue weighted by Gasteiger charge is -2.06. The minimum Gasteiger partial charge on any atom is -0.310 e. The maximum atomic E-state index is 4.28. The first kappa shape index (κ1) is 12.3. The Morgan fingerprint density at radius 2 is 2.41 bits per heavy atom. The number of aryl methyl sites for hydroxylation is 1. The summed E-state index contributed by atoms with van der Waals surface area (Å²) in [7, 11) is 0. The standard InChI is InChI=1S/C13H22N4/c1-2-9-17-13(15-11-16-17)10-14-8-7-12-5-3-4-6-12/h5,11,14H,2-4,6-10H2,1H3. The van der Waals surface area contributed by atoms with E-state index in [-0.39, 0.29) is 0 Å². The second-order valence-corrected chi connectivity index (χ2v) is 4.58. The first-order valence-corrected chi connectivity index (χ1v) is 6.65. The highest BCUT2D eigenvalue weighted by Gasteiger charge is 2.05. The molecule has 1 N–H and O–H groups in total. The molecule has 0 aromatic carbocycles. The Morgan fingerprint density at radius 3 is 3.18 bits per heavy atom. The van der Waals surface area contributed by atoms with Gasteiger partial charge in [0.25, 0.3) is 0 Å². The van der Waals surface area contributed by atoms with Gasteiger partial charge in [0.15, 0.2) is 0 Å². The highest BCUT2D eigenvalue weighted by Crippen LogP contribution is 2.19. The van der Waals surface area contributed by atoms with E-state index in [2.05, 4.69) is 28.4 Å². The van der Waals surface area contributed by atoms with Gasteiger partial charge >= 0.3 is 0 Å². The molecule has 0 saturated heterocycles. The quantitative estimate of drug-likeness (QED) is 0.581. The smallest absolute Gasteiger partial charge is 0.140 e. The van der Waals surface area contributed by atoms with Crippen LogP contribution in [0.4, 0.5) is 0 Å². The molecule has 1 aromatic rings. The van der Waals surface area contributed by atoms with Crippen molar-refractivity contribution in [1.29, 1.82) is 0 Å². The zero-order valence-corrected chi connectivity index (χ0v) is 10.7. The molecule has 0 radical (unpaired) electrons. The molecular weight excluding hydrogens is 212 g/mol. The topological polar surface area (TPSA) is 42.7 Å². The molecule has 1 aliphatic carbocycles. The van der Waals surface area contributed by atoms with Crippen molar-refractivity contribution >= 4 is 0 Å². The highest BCUT2D eigenvalue weighted by molar-refractivity contribution is 5.07. The summed E-state index contributed by atoms with van der Waals surface area (Å²) in [5.41, 5.74) is 1.62. The van der Waals surface area contributed by atoms with Crippen LogP contribution in [0.25, 0.3) is 0 Å². The van der Waals surface area contributed by atoms with Crippen molar-refractivity contribution in [1.82, 2.24) is 20.1 Å². The van der Waals surface area contributed by atoms with Gasteiger partial charge in [0.05, 0.1) is 6.54 Å². The van der Waals surface area contributed by atoms with E-state index in [1.165, 1.54) is 25.7 Å². The molecule has 4 heteroatoms. The minimum atomic E-state index is 0.827. The first-order valence-electron chi connectivity index (χ1n) is 6.65. The van der Waals surface area contributed by atoms with Crippen LogP contribution in [0.2, 0.25) is 0 Å². The van der Waals surface area contributed by atoms with Crippen LogP contribution in [0.1, 0.15) is 44.9 Å². The van der Waals surface area contributed by atoms with Crippen LogP contribution in [-0.4, -0.2) is 21.3 Å². The summed E-state index contributed by atoms with van der Waals surface area (Å²) in [6.45, 7) is 4.99. The van der Waals surface area contributed by atoms with E-state index in [9.17, 15) is 0 Å². The lowest BCUT2D eigenvalue weighted by molar-refractivity contribution is 0.542. The van der Waals surface area contributed by atoms with E-state index >= 15 is 0 Å². The largest absolute Gasteiger partial charge is 0.310 e. The Kier molecular flexibility index (Phi) is 4.74. The van der Waals surface area contributed by atoms with Crippen LogP contribution in [0.5, 0.6) is 0 Å². The van der Waals surface area contributed by atoms with Gasteiger partial charge in [-0.25, -0.2) is 9.67 Å². The lowest BCUT2D eigenvalue weighted by Crippen LogP contribution is -2.19. The Labute approximate surface area is 103 Å². The average molecular weight is 234 g/mol. The van der Waals surface area contributed by atoms with E-state index in [0.29, 0.717) is 0 Å². The number of hydrogen-bond acceptors (Lipinski definition) is 3. The summed E-state index contributed by atoms with van der Waals surface area (Å²) in [5, 5.41) is 7.67. The zero-order valence-electron chi connectivity index (χ0n) is 10.7. The molecule has 0 amide bonds. The molecule has 0 fully saturated rings. The molecule has 0 spiro atoms. The van der Waals surface area contributed by atoms with E-state index in [0.717, 1.165) is 31.9 Å². The van der Waals surface area contributed by atoms with Crippen molar-refractivity contribution in [2.45, 2.75) is 52.1 Å². The van der Waals surface area contributed by atoms with Crippen LogP contribution >= 0.6 is 0 Å². The van der Waals surface area contributed by atoms with Crippen molar-refractivity contribution in [3.8, 4) is 0 Å². The van der Waals surface area contributed by atoms with Gasteiger partial charge in [-0.2, -0.15) is 5.10 Å². The minimum absolute atomic E-state index is 0.827. The molecule has 0 atom stereocenters. The second-order valence-electron chi connectivity index (χ2n) is 4.58. The van der Waals surface area contributed by atoms with Crippen molar-refractivity contribution in [2.24, 2.45) is 0 Å². The number of nitrogens with one attached hydrogen (secondary N) is 1. The van der Waals surface area contributed by atoms with Crippen LogP contribution < -0.4 is 5.32 Å². The van der Waals surface area contributed by atoms with Gasteiger partial charge in [-0.05, 0) is 38.6 Å². The summed E-state index contributed by atoms with van der Waals surface area (Å²) >= 11 is 0. The average Bonchev–Trinajstić information content (AvgIpc) is 2.96. The fourth-order valence-corrected chi connectivity index (χ4v) is 2.24. The van der Waals surface area contributed by atoms with Crippen LogP contribution in [0.3, 0.4) is 0 Å². The van der Waals surface area contributed by atoms with Crippen molar-refractivity contribution in [3.05, 3.63) is 23.8 Å². The molecule has 1 aliphatic rings. The first-order chi connectivity index (χ1) is 8.40. The van der Waals surface area contributed by atoms with Crippen LogP contribution in [-0.2, 0) is 13.1 Å². The number of nitrogens with zero attached hydrogens (tertiary/aromatic N) is 3. The fraction of sp³-hybridized carbons (Fsp3) is 0.692. The van der Waals surface area contributed by atoms with Crippen LogP contribution in [0.15, 0.2) is 18.0 Å². The van der Waals surface area contributed by atoms with Gasteiger partial charge in [-0.15, -0.1) is 0 Å². The van der Waals surface area contributed by atoms with Gasteiger partial charge in [0, 0.05) is 6.54 Å². The summed E-state index contributed by atoms with van der Waals surface area (Å²) in [4.78, 5) is 4.28. The number of hydrogen-bond donors (Lipinski definition) is 1. The van der Waals surface area contributed by atoms with Crippen molar-refractivity contribution in [2.75, 3.05) is 6.54 Å². The number of allylic oxidation sites excluding steroid dienone is 1. The molecule has 1 heterocycles. The Hall–Kier alpha value is -1.16. The molecule has 0 unspecified atom stereocenters. The third-order valence-electron chi connectivity index (χ3n) is 3.17. The van der Waals surface area contributed by atoms with E-state index < -0.39 is 0 Å². The van der Waals surface area contributed by atoms with Crippen molar-refractivity contribution < 1.29 is 0 Å². The zero-order chi connectivity index (χ0) is 11.9. The highest BCUT2D eigenvalue weighted by atomic mass is 15.3. The third-order valence-corrected chi connectivity index (χ3v) is 3.17. The fourth-order valence-electron chi connectivity index (χ4n) is 2.24. The Balaban J connectivity index is 1.68. The predicted molar refractivity (Wildman–Crippen MR) is 68.6 cm³/mol. The maximum absolute atomic E-state index is 4.28. The maximum Gasteiger partial charge on any atom is 0.140 e. The number of rotatable bonds is 7. The number of aromatic nitrogens is 3. The molecule has 1 aromatic heterocycles. The molecule has 0 aliphatic heterocycles. The van der Waals surface area contributed by atoms with Gasteiger partial charge in [-0.3, -0.25) is 0 Å². The van der Waals surface area contributed by atoms with E-state index in [1.54, 1.807) is 11.9 Å². The van der Waals surface area contributed by atoms with Crippen LogP contribution in [0, 0.1) is 0 Å². The SMILES string of the molecule is CCCn1ncnc1CNCCC1=CCCC1. The molecular formula is C13H22N4. The second kappa shape index (κ2) is 6.55. The molecule has 94 valence electrons. The molecule has 17 heavy (non-hydrogen) atoms. The molecule has 0 bridgehead atoms.